The summed E-state index contributed by atoms with van der Waals surface area (Å²) in [6, 6.07) is 9.00. The fourth-order valence-corrected chi connectivity index (χ4v) is 1.27. The van der Waals surface area contributed by atoms with Crippen LogP contribution in [0.4, 0.5) is 0 Å². The predicted octanol–water partition coefficient (Wildman–Crippen LogP) is 1.05. The molecule has 0 fully saturated rings. The molecule has 0 aromatic heterocycles. The van der Waals surface area contributed by atoms with Crippen molar-refractivity contribution in [3.63, 3.8) is 0 Å². The van der Waals surface area contributed by atoms with E-state index in [-0.39, 0.29) is 6.42 Å². The Hall–Kier alpha value is -1.39. The van der Waals surface area contributed by atoms with E-state index in [1.54, 1.807) is 0 Å². The van der Waals surface area contributed by atoms with Crippen LogP contribution in [0.2, 0.25) is 0 Å². The number of nitrogens with one attached hydrogen (secondary N) is 1. The maximum Gasteiger partial charge on any atom is 0.305 e. The van der Waals surface area contributed by atoms with Crippen LogP contribution in [-0.4, -0.2) is 22.3 Å². The smallest absolute Gasteiger partial charge is 0.305 e. The van der Waals surface area contributed by atoms with Gasteiger partial charge in [0, 0.05) is 6.04 Å². The summed E-state index contributed by atoms with van der Waals surface area (Å²) in [5, 5.41) is 17.3. The molecule has 0 heterocycles. The Bertz CT molecular complexity index is 287. The maximum atomic E-state index is 10.4. The minimum absolute atomic E-state index is 0.0919. The van der Waals surface area contributed by atoms with Gasteiger partial charge in [-0.3, -0.25) is 4.79 Å². The quantitative estimate of drug-likeness (QED) is 0.614. The van der Waals surface area contributed by atoms with Gasteiger partial charge in [0.1, 0.15) is 0 Å². The maximum absolute atomic E-state index is 10.4. The minimum Gasteiger partial charge on any atom is -0.481 e. The zero-order valence-corrected chi connectivity index (χ0v) is 7.68. The molecule has 0 bridgehead atoms. The van der Waals surface area contributed by atoms with Gasteiger partial charge in [-0.25, -0.2) is 5.48 Å². The van der Waals surface area contributed by atoms with Gasteiger partial charge in [0.05, 0.1) is 6.42 Å². The number of rotatable bonds is 5. The summed E-state index contributed by atoms with van der Waals surface area (Å²) in [6.45, 7) is 0. The highest BCUT2D eigenvalue weighted by molar-refractivity contribution is 5.67. The first kappa shape index (κ1) is 10.7. The van der Waals surface area contributed by atoms with Crippen molar-refractivity contribution in [2.24, 2.45) is 0 Å². The first-order chi connectivity index (χ1) is 6.72. The Balaban J connectivity index is 2.53. The second kappa shape index (κ2) is 5.36. The zero-order chi connectivity index (χ0) is 10.4. The molecule has 0 aliphatic carbocycles. The molecular weight excluding hydrogens is 182 g/mol. The van der Waals surface area contributed by atoms with Gasteiger partial charge in [0.15, 0.2) is 0 Å². The molecule has 76 valence electrons. The van der Waals surface area contributed by atoms with Crippen molar-refractivity contribution in [3.8, 4) is 0 Å². The van der Waals surface area contributed by atoms with Crippen LogP contribution in [0, 0.1) is 0 Å². The van der Waals surface area contributed by atoms with E-state index in [0.717, 1.165) is 5.56 Å². The molecule has 0 saturated heterocycles. The Kier molecular flexibility index (Phi) is 4.10. The van der Waals surface area contributed by atoms with Crippen LogP contribution in [0.25, 0.3) is 0 Å². The molecule has 0 radical (unpaired) electrons. The molecule has 0 aliphatic heterocycles. The lowest BCUT2D eigenvalue weighted by Crippen LogP contribution is -2.30. The van der Waals surface area contributed by atoms with E-state index in [9.17, 15) is 4.79 Å². The van der Waals surface area contributed by atoms with Gasteiger partial charge in [0.25, 0.3) is 0 Å². The number of carboxylic acid groups (broad SMARTS) is 1. The lowest BCUT2D eigenvalue weighted by atomic mass is 10.0. The summed E-state index contributed by atoms with van der Waals surface area (Å²) in [7, 11) is 0. The monoisotopic (exact) mass is 195 g/mol. The van der Waals surface area contributed by atoms with Crippen LogP contribution in [0.1, 0.15) is 12.0 Å². The topological polar surface area (TPSA) is 69.6 Å². The van der Waals surface area contributed by atoms with E-state index in [4.69, 9.17) is 10.3 Å². The zero-order valence-electron chi connectivity index (χ0n) is 7.68. The van der Waals surface area contributed by atoms with Gasteiger partial charge < -0.3 is 10.3 Å². The lowest BCUT2D eigenvalue weighted by molar-refractivity contribution is -0.138. The van der Waals surface area contributed by atoms with Crippen molar-refractivity contribution in [2.75, 3.05) is 0 Å². The van der Waals surface area contributed by atoms with Crippen molar-refractivity contribution < 1.29 is 15.1 Å². The standard InChI is InChI=1S/C10H13NO3/c12-10(13)7-9(11-14)6-8-4-2-1-3-5-8/h1-5,9,11,14H,6-7H2,(H,12,13)/t9-/m1/s1. The van der Waals surface area contributed by atoms with Crippen molar-refractivity contribution in [1.29, 1.82) is 0 Å². The SMILES string of the molecule is O=C(O)C[C@@H](Cc1ccccc1)NO. The van der Waals surface area contributed by atoms with E-state index in [1.165, 1.54) is 0 Å². The summed E-state index contributed by atoms with van der Waals surface area (Å²) >= 11 is 0. The van der Waals surface area contributed by atoms with Crippen molar-refractivity contribution in [2.45, 2.75) is 18.9 Å². The highest BCUT2D eigenvalue weighted by Crippen LogP contribution is 2.05. The summed E-state index contributed by atoms with van der Waals surface area (Å²) in [4.78, 5) is 10.4. The Morgan fingerprint density at radius 3 is 2.50 bits per heavy atom. The average molecular weight is 195 g/mol. The van der Waals surface area contributed by atoms with Gasteiger partial charge >= 0.3 is 5.97 Å². The van der Waals surface area contributed by atoms with Crippen molar-refractivity contribution >= 4 is 5.97 Å². The Morgan fingerprint density at radius 1 is 1.36 bits per heavy atom. The number of carbonyl (C=O) groups is 1. The molecule has 0 saturated carbocycles. The van der Waals surface area contributed by atoms with Crippen LogP contribution in [-0.2, 0) is 11.2 Å². The summed E-state index contributed by atoms with van der Waals surface area (Å²) in [6.07, 6.45) is 0.412. The number of hydroxylamine groups is 1. The normalized spacial score (nSPS) is 12.4. The molecule has 1 rings (SSSR count). The van der Waals surface area contributed by atoms with Crippen LogP contribution in [0.3, 0.4) is 0 Å². The number of carboxylic acids is 1. The predicted molar refractivity (Wildman–Crippen MR) is 51.1 cm³/mol. The molecule has 0 amide bonds. The van der Waals surface area contributed by atoms with E-state index >= 15 is 0 Å². The third kappa shape index (κ3) is 3.55. The van der Waals surface area contributed by atoms with E-state index < -0.39 is 12.0 Å². The summed E-state index contributed by atoms with van der Waals surface area (Å²) < 4.78 is 0. The molecule has 14 heavy (non-hydrogen) atoms. The van der Waals surface area contributed by atoms with Crippen molar-refractivity contribution in [1.82, 2.24) is 5.48 Å². The third-order valence-corrected chi connectivity index (χ3v) is 1.93. The number of hydrogen-bond acceptors (Lipinski definition) is 3. The minimum atomic E-state index is -0.924. The van der Waals surface area contributed by atoms with E-state index in [0.29, 0.717) is 6.42 Å². The van der Waals surface area contributed by atoms with Gasteiger partial charge in [-0.1, -0.05) is 30.3 Å². The summed E-state index contributed by atoms with van der Waals surface area (Å²) in [5.74, 6) is -0.924. The molecular formula is C10H13NO3. The first-order valence-electron chi connectivity index (χ1n) is 4.37. The van der Waals surface area contributed by atoms with Crippen LogP contribution >= 0.6 is 0 Å². The Labute approximate surface area is 82.1 Å². The van der Waals surface area contributed by atoms with Crippen LogP contribution < -0.4 is 5.48 Å². The largest absolute Gasteiger partial charge is 0.481 e. The van der Waals surface area contributed by atoms with Gasteiger partial charge in [-0.2, -0.15) is 0 Å². The number of hydrogen-bond donors (Lipinski definition) is 3. The highest BCUT2D eigenvalue weighted by atomic mass is 16.5. The molecule has 0 unspecified atom stereocenters. The third-order valence-electron chi connectivity index (χ3n) is 1.93. The molecule has 0 spiro atoms. The number of benzene rings is 1. The summed E-state index contributed by atoms with van der Waals surface area (Å²) in [5.41, 5.74) is 3.00. The number of aliphatic carboxylic acids is 1. The molecule has 0 aliphatic rings. The molecule has 3 N–H and O–H groups in total. The van der Waals surface area contributed by atoms with Crippen LogP contribution in [0.5, 0.6) is 0 Å². The fourth-order valence-electron chi connectivity index (χ4n) is 1.27. The van der Waals surface area contributed by atoms with Gasteiger partial charge in [0.2, 0.25) is 0 Å². The second-order valence-electron chi connectivity index (χ2n) is 3.11. The molecule has 1 aromatic rings. The molecule has 1 aromatic carbocycles. The van der Waals surface area contributed by atoms with Gasteiger partial charge in [-0.05, 0) is 12.0 Å². The van der Waals surface area contributed by atoms with E-state index in [2.05, 4.69) is 0 Å². The van der Waals surface area contributed by atoms with E-state index in [1.807, 2.05) is 35.8 Å². The highest BCUT2D eigenvalue weighted by Gasteiger charge is 2.12. The Morgan fingerprint density at radius 2 is 2.00 bits per heavy atom. The average Bonchev–Trinajstić information content (AvgIpc) is 2.17. The second-order valence-corrected chi connectivity index (χ2v) is 3.11. The molecule has 4 heteroatoms. The molecule has 4 nitrogen and oxygen atoms in total. The van der Waals surface area contributed by atoms with Crippen LogP contribution in [0.15, 0.2) is 30.3 Å². The fraction of sp³-hybridized carbons (Fsp3) is 0.300. The van der Waals surface area contributed by atoms with Gasteiger partial charge in [-0.15, -0.1) is 0 Å². The lowest BCUT2D eigenvalue weighted by Gasteiger charge is -2.12. The van der Waals surface area contributed by atoms with Crippen molar-refractivity contribution in [3.05, 3.63) is 35.9 Å². The first-order valence-corrected chi connectivity index (χ1v) is 4.37. The molecule has 1 atom stereocenters.